The number of halogens is 1. The molecular weight excluding hydrogens is 371 g/mol. The van der Waals surface area contributed by atoms with Crippen molar-refractivity contribution >= 4 is 5.91 Å². The molecule has 1 unspecified atom stereocenters. The second kappa shape index (κ2) is 8.51. The minimum Gasteiger partial charge on any atom is -0.497 e. The van der Waals surface area contributed by atoms with E-state index in [0.717, 1.165) is 36.3 Å². The largest absolute Gasteiger partial charge is 0.497 e. The number of ether oxygens (including phenoxy) is 1. The SMILES string of the molecule is COc1ccc([C@H]2CCN(C3CCN(Cc4ccc(F)cc4)C3=O)C[C@@H]2O)cc1. The van der Waals surface area contributed by atoms with Crippen molar-refractivity contribution in [3.63, 3.8) is 0 Å². The van der Waals surface area contributed by atoms with Crippen LogP contribution in [0.4, 0.5) is 4.39 Å². The van der Waals surface area contributed by atoms with E-state index in [2.05, 4.69) is 4.90 Å². The molecule has 0 saturated carbocycles. The highest BCUT2D eigenvalue weighted by Crippen LogP contribution is 2.32. The van der Waals surface area contributed by atoms with Crippen molar-refractivity contribution in [1.82, 2.24) is 9.80 Å². The van der Waals surface area contributed by atoms with E-state index in [4.69, 9.17) is 4.74 Å². The Labute approximate surface area is 170 Å². The van der Waals surface area contributed by atoms with Crippen LogP contribution < -0.4 is 4.74 Å². The molecule has 0 bridgehead atoms. The smallest absolute Gasteiger partial charge is 0.240 e. The Balaban J connectivity index is 1.36. The van der Waals surface area contributed by atoms with Crippen molar-refractivity contribution in [2.24, 2.45) is 0 Å². The van der Waals surface area contributed by atoms with Gasteiger partial charge in [-0.25, -0.2) is 4.39 Å². The van der Waals surface area contributed by atoms with Crippen LogP contribution in [0.3, 0.4) is 0 Å². The van der Waals surface area contributed by atoms with E-state index in [1.165, 1.54) is 12.1 Å². The highest BCUT2D eigenvalue weighted by Gasteiger charge is 2.39. The predicted octanol–water partition coefficient (Wildman–Crippen LogP) is 2.79. The highest BCUT2D eigenvalue weighted by atomic mass is 19.1. The van der Waals surface area contributed by atoms with Crippen LogP contribution >= 0.6 is 0 Å². The third-order valence-corrected chi connectivity index (χ3v) is 6.15. The number of carbonyl (C=O) groups excluding carboxylic acids is 1. The maximum atomic E-state index is 13.1. The number of piperidine rings is 1. The van der Waals surface area contributed by atoms with Gasteiger partial charge in [-0.2, -0.15) is 0 Å². The number of benzene rings is 2. The van der Waals surface area contributed by atoms with E-state index >= 15 is 0 Å². The zero-order chi connectivity index (χ0) is 20.4. The van der Waals surface area contributed by atoms with Gasteiger partial charge >= 0.3 is 0 Å². The number of aliphatic hydroxyl groups excluding tert-OH is 1. The van der Waals surface area contributed by atoms with E-state index in [0.29, 0.717) is 19.6 Å². The van der Waals surface area contributed by atoms with Crippen LogP contribution in [-0.4, -0.2) is 59.7 Å². The van der Waals surface area contributed by atoms with Crippen molar-refractivity contribution in [3.8, 4) is 5.75 Å². The van der Waals surface area contributed by atoms with Crippen LogP contribution in [0.15, 0.2) is 48.5 Å². The molecule has 154 valence electrons. The molecule has 2 aliphatic heterocycles. The Hall–Kier alpha value is -2.44. The van der Waals surface area contributed by atoms with Gasteiger partial charge in [0.25, 0.3) is 0 Å². The number of carbonyl (C=O) groups is 1. The maximum absolute atomic E-state index is 13.1. The summed E-state index contributed by atoms with van der Waals surface area (Å²) in [5, 5.41) is 10.8. The first-order valence-electron chi connectivity index (χ1n) is 10.1. The van der Waals surface area contributed by atoms with Crippen molar-refractivity contribution in [2.45, 2.75) is 37.5 Å². The van der Waals surface area contributed by atoms with Gasteiger partial charge in [0.15, 0.2) is 0 Å². The van der Waals surface area contributed by atoms with Gasteiger partial charge in [0.05, 0.1) is 19.3 Å². The molecule has 2 saturated heterocycles. The minimum atomic E-state index is -0.504. The first-order chi connectivity index (χ1) is 14.0. The lowest BCUT2D eigenvalue weighted by molar-refractivity contribution is -0.133. The molecule has 2 heterocycles. The van der Waals surface area contributed by atoms with E-state index in [1.54, 1.807) is 19.2 Å². The van der Waals surface area contributed by atoms with Crippen LogP contribution in [0.25, 0.3) is 0 Å². The van der Waals surface area contributed by atoms with E-state index in [-0.39, 0.29) is 23.7 Å². The van der Waals surface area contributed by atoms with Gasteiger partial charge in [-0.1, -0.05) is 24.3 Å². The summed E-state index contributed by atoms with van der Waals surface area (Å²) >= 11 is 0. The van der Waals surface area contributed by atoms with Gasteiger partial charge in [0.1, 0.15) is 11.6 Å². The Morgan fingerprint density at radius 1 is 1.07 bits per heavy atom. The Kier molecular flexibility index (Phi) is 5.83. The van der Waals surface area contributed by atoms with Crippen LogP contribution in [0.1, 0.15) is 29.9 Å². The summed E-state index contributed by atoms with van der Waals surface area (Å²) in [6.45, 7) is 2.47. The fourth-order valence-electron chi connectivity index (χ4n) is 4.51. The lowest BCUT2D eigenvalue weighted by Crippen LogP contribution is -2.50. The van der Waals surface area contributed by atoms with Gasteiger partial charge in [0.2, 0.25) is 5.91 Å². The molecule has 4 rings (SSSR count). The second-order valence-electron chi connectivity index (χ2n) is 7.92. The zero-order valence-corrected chi connectivity index (χ0v) is 16.6. The van der Waals surface area contributed by atoms with Crippen LogP contribution in [0.2, 0.25) is 0 Å². The molecule has 2 fully saturated rings. The summed E-state index contributed by atoms with van der Waals surface area (Å²) in [6.07, 6.45) is 1.07. The van der Waals surface area contributed by atoms with E-state index < -0.39 is 6.10 Å². The predicted molar refractivity (Wildman–Crippen MR) is 108 cm³/mol. The Bertz CT molecular complexity index is 840. The second-order valence-corrected chi connectivity index (χ2v) is 7.92. The van der Waals surface area contributed by atoms with Crippen molar-refractivity contribution in [1.29, 1.82) is 0 Å². The van der Waals surface area contributed by atoms with E-state index in [1.807, 2.05) is 29.2 Å². The molecule has 0 aliphatic carbocycles. The maximum Gasteiger partial charge on any atom is 0.240 e. The summed E-state index contributed by atoms with van der Waals surface area (Å²) in [5.41, 5.74) is 2.03. The van der Waals surface area contributed by atoms with E-state index in [9.17, 15) is 14.3 Å². The van der Waals surface area contributed by atoms with Gasteiger partial charge < -0.3 is 14.7 Å². The van der Waals surface area contributed by atoms with Gasteiger partial charge in [-0.15, -0.1) is 0 Å². The number of aliphatic hydroxyl groups is 1. The minimum absolute atomic E-state index is 0.0731. The monoisotopic (exact) mass is 398 g/mol. The number of β-amino-alcohol motifs (C(OH)–C–C–N with tert-alkyl or cyclic N) is 1. The number of hydrogen-bond donors (Lipinski definition) is 1. The molecule has 0 radical (unpaired) electrons. The van der Waals surface area contributed by atoms with Crippen LogP contribution in [0, 0.1) is 5.82 Å². The van der Waals surface area contributed by atoms with Crippen LogP contribution in [-0.2, 0) is 11.3 Å². The molecule has 29 heavy (non-hydrogen) atoms. The van der Waals surface area contributed by atoms with Crippen LogP contribution in [0.5, 0.6) is 5.75 Å². The average Bonchev–Trinajstić information content (AvgIpc) is 3.10. The summed E-state index contributed by atoms with van der Waals surface area (Å²) < 4.78 is 18.3. The normalized spacial score (nSPS) is 25.4. The molecule has 2 aromatic rings. The highest BCUT2D eigenvalue weighted by molar-refractivity contribution is 5.84. The Morgan fingerprint density at radius 2 is 1.79 bits per heavy atom. The van der Waals surface area contributed by atoms with Crippen molar-refractivity contribution in [2.75, 3.05) is 26.7 Å². The molecule has 3 atom stereocenters. The molecule has 2 aromatic carbocycles. The quantitative estimate of drug-likeness (QED) is 0.842. The first kappa shape index (κ1) is 19.9. The molecule has 5 nitrogen and oxygen atoms in total. The van der Waals surface area contributed by atoms with Crippen molar-refractivity contribution < 1.29 is 19.0 Å². The Morgan fingerprint density at radius 3 is 2.45 bits per heavy atom. The number of amides is 1. The first-order valence-corrected chi connectivity index (χ1v) is 10.1. The van der Waals surface area contributed by atoms with Gasteiger partial charge in [0, 0.05) is 25.6 Å². The standard InChI is InChI=1S/C23H27FN2O3/c1-29-19-8-4-17(5-9-19)20-10-12-25(15-22(20)27)21-11-13-26(23(21)28)14-16-2-6-18(24)7-3-16/h2-9,20-22,27H,10-15H2,1H3/t20-,21?,22+/m1/s1. The lowest BCUT2D eigenvalue weighted by atomic mass is 9.86. The molecule has 0 spiro atoms. The third-order valence-electron chi connectivity index (χ3n) is 6.15. The molecule has 6 heteroatoms. The van der Waals surface area contributed by atoms with Crippen molar-refractivity contribution in [3.05, 3.63) is 65.5 Å². The lowest BCUT2D eigenvalue weighted by Gasteiger charge is -2.38. The fourth-order valence-corrected chi connectivity index (χ4v) is 4.51. The molecule has 2 aliphatic rings. The topological polar surface area (TPSA) is 53.0 Å². The number of hydrogen-bond acceptors (Lipinski definition) is 4. The molecule has 0 aromatic heterocycles. The molecule has 1 amide bonds. The third kappa shape index (κ3) is 4.28. The summed E-state index contributed by atoms with van der Waals surface area (Å²) in [5.74, 6) is 0.708. The fraction of sp³-hybridized carbons (Fsp3) is 0.435. The van der Waals surface area contributed by atoms with Gasteiger partial charge in [-0.3, -0.25) is 9.69 Å². The molecular formula is C23H27FN2O3. The van der Waals surface area contributed by atoms with Gasteiger partial charge in [-0.05, 0) is 54.8 Å². The number of likely N-dealkylation sites (tertiary alicyclic amines) is 2. The average molecular weight is 398 g/mol. The summed E-state index contributed by atoms with van der Waals surface area (Å²) in [6, 6.07) is 14.0. The number of methoxy groups -OCH3 is 1. The number of rotatable bonds is 5. The molecule has 1 N–H and O–H groups in total. The summed E-state index contributed by atoms with van der Waals surface area (Å²) in [4.78, 5) is 16.9. The zero-order valence-electron chi connectivity index (χ0n) is 16.6. The number of nitrogens with zero attached hydrogens (tertiary/aromatic N) is 2. The summed E-state index contributed by atoms with van der Waals surface area (Å²) in [7, 11) is 1.64.